The Balaban J connectivity index is 1.87. The zero-order valence-electron chi connectivity index (χ0n) is 10.8. The van der Waals surface area contributed by atoms with Crippen LogP contribution >= 0.6 is 0 Å². The van der Waals surface area contributed by atoms with Crippen molar-refractivity contribution in [2.24, 2.45) is 0 Å². The lowest BCUT2D eigenvalue weighted by molar-refractivity contribution is 0.262. The molecule has 1 saturated heterocycles. The number of rotatable bonds is 4. The first-order valence-corrected chi connectivity index (χ1v) is 6.48. The van der Waals surface area contributed by atoms with Crippen molar-refractivity contribution in [1.29, 1.82) is 5.26 Å². The third-order valence-electron chi connectivity index (χ3n) is 3.29. The second kappa shape index (κ2) is 6.31. The fraction of sp³-hybridized carbons (Fsp3) is 0.615. The highest BCUT2D eigenvalue weighted by molar-refractivity contribution is 5.30. The normalized spacial score (nSPS) is 16.6. The third kappa shape index (κ3) is 3.17. The standard InChI is InChI=1S/C13H19N5/c1-2-12-10-15-13(16-11-12)18-8-6-17(7-9-18)5-3-4-14/h10-11H,2-3,5-9H2,1H3. The molecule has 0 aliphatic carbocycles. The van der Waals surface area contributed by atoms with Crippen molar-refractivity contribution in [3.63, 3.8) is 0 Å². The first-order chi connectivity index (χ1) is 8.83. The first-order valence-electron chi connectivity index (χ1n) is 6.48. The van der Waals surface area contributed by atoms with Crippen molar-refractivity contribution in [1.82, 2.24) is 14.9 Å². The largest absolute Gasteiger partial charge is 0.338 e. The predicted octanol–water partition coefficient (Wildman–Crippen LogP) is 1.07. The fourth-order valence-electron chi connectivity index (χ4n) is 2.07. The van der Waals surface area contributed by atoms with Crippen molar-refractivity contribution in [2.75, 3.05) is 37.6 Å². The van der Waals surface area contributed by atoms with Crippen LogP contribution in [0, 0.1) is 11.3 Å². The molecule has 0 saturated carbocycles. The van der Waals surface area contributed by atoms with E-state index in [0.29, 0.717) is 6.42 Å². The molecule has 1 aliphatic heterocycles. The number of hydrogen-bond acceptors (Lipinski definition) is 5. The summed E-state index contributed by atoms with van der Waals surface area (Å²) < 4.78 is 0. The van der Waals surface area contributed by atoms with Gasteiger partial charge < -0.3 is 4.90 Å². The van der Waals surface area contributed by atoms with Crippen LogP contribution in [0.25, 0.3) is 0 Å². The molecule has 0 radical (unpaired) electrons. The van der Waals surface area contributed by atoms with Crippen LogP contribution in [-0.4, -0.2) is 47.6 Å². The first kappa shape index (κ1) is 12.8. The summed E-state index contributed by atoms with van der Waals surface area (Å²) in [5.41, 5.74) is 1.17. The Kier molecular flexibility index (Phi) is 4.48. The zero-order valence-corrected chi connectivity index (χ0v) is 10.8. The van der Waals surface area contributed by atoms with Crippen LogP contribution in [-0.2, 0) is 6.42 Å². The Morgan fingerprint density at radius 2 is 1.89 bits per heavy atom. The summed E-state index contributed by atoms with van der Waals surface area (Å²) in [6, 6.07) is 2.19. The SMILES string of the molecule is CCc1cnc(N2CCN(CCC#N)CC2)nc1. The lowest BCUT2D eigenvalue weighted by Crippen LogP contribution is -2.47. The molecule has 18 heavy (non-hydrogen) atoms. The van der Waals surface area contributed by atoms with Crippen molar-refractivity contribution >= 4 is 5.95 Å². The molecule has 5 nitrogen and oxygen atoms in total. The molecule has 0 atom stereocenters. The molecule has 0 spiro atoms. The predicted molar refractivity (Wildman–Crippen MR) is 70.3 cm³/mol. The van der Waals surface area contributed by atoms with Crippen LogP contribution in [0.4, 0.5) is 5.95 Å². The van der Waals surface area contributed by atoms with Crippen LogP contribution in [0.1, 0.15) is 18.9 Å². The molecule has 1 aromatic heterocycles. The number of aryl methyl sites for hydroxylation is 1. The number of anilines is 1. The van der Waals surface area contributed by atoms with Gasteiger partial charge in [0, 0.05) is 51.5 Å². The van der Waals surface area contributed by atoms with Gasteiger partial charge in [-0.1, -0.05) is 6.92 Å². The summed E-state index contributed by atoms with van der Waals surface area (Å²) in [6.07, 6.45) is 5.40. The number of hydrogen-bond donors (Lipinski definition) is 0. The maximum atomic E-state index is 8.57. The van der Waals surface area contributed by atoms with Crippen molar-refractivity contribution in [2.45, 2.75) is 19.8 Å². The van der Waals surface area contributed by atoms with Gasteiger partial charge in [0.25, 0.3) is 0 Å². The van der Waals surface area contributed by atoms with E-state index in [-0.39, 0.29) is 0 Å². The average Bonchev–Trinajstić information content (AvgIpc) is 2.46. The van der Waals surface area contributed by atoms with Gasteiger partial charge in [0.1, 0.15) is 0 Å². The molecule has 2 heterocycles. The molecule has 0 N–H and O–H groups in total. The third-order valence-corrected chi connectivity index (χ3v) is 3.29. The Morgan fingerprint density at radius 1 is 1.22 bits per heavy atom. The second-order valence-electron chi connectivity index (χ2n) is 4.48. The van der Waals surface area contributed by atoms with E-state index in [1.54, 1.807) is 0 Å². The van der Waals surface area contributed by atoms with E-state index in [1.165, 1.54) is 5.56 Å². The second-order valence-corrected chi connectivity index (χ2v) is 4.48. The number of nitriles is 1. The lowest BCUT2D eigenvalue weighted by atomic mass is 10.3. The Morgan fingerprint density at radius 3 is 2.44 bits per heavy atom. The summed E-state index contributed by atoms with van der Waals surface area (Å²) in [6.45, 7) is 6.83. The Labute approximate surface area is 108 Å². The van der Waals surface area contributed by atoms with E-state index in [4.69, 9.17) is 5.26 Å². The lowest BCUT2D eigenvalue weighted by Gasteiger charge is -2.34. The van der Waals surface area contributed by atoms with Crippen LogP contribution in [0.15, 0.2) is 12.4 Å². The van der Waals surface area contributed by atoms with Gasteiger partial charge in [-0.05, 0) is 12.0 Å². The van der Waals surface area contributed by atoms with E-state index in [1.807, 2.05) is 12.4 Å². The molecule has 1 aromatic rings. The molecule has 1 fully saturated rings. The Hall–Kier alpha value is -1.67. The minimum absolute atomic E-state index is 0.613. The molecule has 2 rings (SSSR count). The van der Waals surface area contributed by atoms with Crippen molar-refractivity contribution in [3.05, 3.63) is 18.0 Å². The van der Waals surface area contributed by atoms with E-state index in [0.717, 1.165) is 45.1 Å². The smallest absolute Gasteiger partial charge is 0.225 e. The highest BCUT2D eigenvalue weighted by Crippen LogP contribution is 2.11. The molecule has 0 amide bonds. The molecule has 0 aromatic carbocycles. The summed E-state index contributed by atoms with van der Waals surface area (Å²) in [7, 11) is 0. The van der Waals surface area contributed by atoms with Crippen LogP contribution in [0.2, 0.25) is 0 Å². The average molecular weight is 245 g/mol. The molecule has 96 valence electrons. The molecule has 0 bridgehead atoms. The summed E-state index contributed by atoms with van der Waals surface area (Å²) in [4.78, 5) is 13.3. The molecular weight excluding hydrogens is 226 g/mol. The van der Waals surface area contributed by atoms with Crippen LogP contribution in [0.5, 0.6) is 0 Å². The van der Waals surface area contributed by atoms with Gasteiger partial charge >= 0.3 is 0 Å². The van der Waals surface area contributed by atoms with E-state index in [2.05, 4.69) is 32.8 Å². The van der Waals surface area contributed by atoms with E-state index < -0.39 is 0 Å². The van der Waals surface area contributed by atoms with Gasteiger partial charge in [-0.15, -0.1) is 0 Å². The minimum atomic E-state index is 0.613. The van der Waals surface area contributed by atoms with Crippen molar-refractivity contribution < 1.29 is 0 Å². The topological polar surface area (TPSA) is 56.1 Å². The van der Waals surface area contributed by atoms with E-state index >= 15 is 0 Å². The molecular formula is C13H19N5. The number of aromatic nitrogens is 2. The maximum absolute atomic E-state index is 8.57. The highest BCUT2D eigenvalue weighted by atomic mass is 15.3. The summed E-state index contributed by atoms with van der Waals surface area (Å²) >= 11 is 0. The van der Waals surface area contributed by atoms with Crippen LogP contribution in [0.3, 0.4) is 0 Å². The zero-order chi connectivity index (χ0) is 12.8. The Bertz CT molecular complexity index is 400. The fourth-order valence-corrected chi connectivity index (χ4v) is 2.07. The summed E-state index contributed by atoms with van der Waals surface area (Å²) in [5, 5.41) is 8.57. The quantitative estimate of drug-likeness (QED) is 0.794. The van der Waals surface area contributed by atoms with Gasteiger partial charge in [0.05, 0.1) is 6.07 Å². The van der Waals surface area contributed by atoms with E-state index in [9.17, 15) is 0 Å². The number of nitrogens with zero attached hydrogens (tertiary/aromatic N) is 5. The molecule has 1 aliphatic rings. The van der Waals surface area contributed by atoms with Crippen LogP contribution < -0.4 is 4.90 Å². The highest BCUT2D eigenvalue weighted by Gasteiger charge is 2.18. The van der Waals surface area contributed by atoms with Gasteiger partial charge in [-0.2, -0.15) is 5.26 Å². The number of piperazine rings is 1. The van der Waals surface area contributed by atoms with Gasteiger partial charge in [-0.25, -0.2) is 9.97 Å². The molecule has 5 heteroatoms. The van der Waals surface area contributed by atoms with Crippen molar-refractivity contribution in [3.8, 4) is 6.07 Å². The van der Waals surface area contributed by atoms with Gasteiger partial charge in [0.2, 0.25) is 5.95 Å². The van der Waals surface area contributed by atoms with Gasteiger partial charge in [-0.3, -0.25) is 4.90 Å². The van der Waals surface area contributed by atoms with Gasteiger partial charge in [0.15, 0.2) is 0 Å². The molecule has 0 unspecified atom stereocenters. The maximum Gasteiger partial charge on any atom is 0.225 e. The summed E-state index contributed by atoms with van der Waals surface area (Å²) in [5.74, 6) is 0.826. The monoisotopic (exact) mass is 245 g/mol. The minimum Gasteiger partial charge on any atom is -0.338 e.